The highest BCUT2D eigenvalue weighted by molar-refractivity contribution is 6.29. The van der Waals surface area contributed by atoms with Crippen LogP contribution in [0.15, 0.2) is 18.3 Å². The quantitative estimate of drug-likeness (QED) is 0.471. The standard InChI is InChI=1S/C15H20ClN3O.C4H6O6/c16-14-6-5-12(11-17-14)15(20)19-8-2-7-18(9-10-19)13-3-1-4-13;5-1(3(7)8)2(6)4(9)10/h5-6,11,13H,1-4,7-10H2;1-2,5-6H,(H,7,8)(H,9,10)/t;1-,2-/m.1/s1. The minimum absolute atomic E-state index is 0.0737. The summed E-state index contributed by atoms with van der Waals surface area (Å²) in [4.78, 5) is 40.5. The van der Waals surface area contributed by atoms with Crippen LogP contribution in [0, 0.1) is 0 Å². The van der Waals surface area contributed by atoms with Crippen LogP contribution in [0.5, 0.6) is 0 Å². The van der Waals surface area contributed by atoms with Gasteiger partial charge in [0.15, 0.2) is 12.2 Å². The van der Waals surface area contributed by atoms with Gasteiger partial charge >= 0.3 is 11.9 Å². The molecular weight excluding hydrogens is 418 g/mol. The number of hydrogen-bond acceptors (Lipinski definition) is 7. The second kappa shape index (κ2) is 11.2. The molecule has 1 saturated heterocycles. The van der Waals surface area contributed by atoms with Gasteiger partial charge in [-0.05, 0) is 31.4 Å². The number of aromatic nitrogens is 1. The predicted octanol–water partition coefficient (Wildman–Crippen LogP) is 0.313. The Morgan fingerprint density at radius 2 is 1.60 bits per heavy atom. The number of aliphatic hydroxyl groups is 2. The number of rotatable bonds is 5. The molecule has 3 rings (SSSR count). The van der Waals surface area contributed by atoms with Crippen molar-refractivity contribution in [3.8, 4) is 0 Å². The first-order valence-electron chi connectivity index (χ1n) is 9.67. The third kappa shape index (κ3) is 6.63. The molecule has 0 spiro atoms. The molecule has 2 atom stereocenters. The van der Waals surface area contributed by atoms with Gasteiger partial charge in [-0.25, -0.2) is 14.6 Å². The molecule has 1 amide bonds. The van der Waals surface area contributed by atoms with Gasteiger partial charge in [-0.2, -0.15) is 0 Å². The molecule has 4 N–H and O–H groups in total. The van der Waals surface area contributed by atoms with Crippen LogP contribution in [0.4, 0.5) is 0 Å². The molecule has 1 aromatic heterocycles. The maximum Gasteiger partial charge on any atom is 0.335 e. The van der Waals surface area contributed by atoms with Crippen molar-refractivity contribution in [3.63, 3.8) is 0 Å². The molecule has 11 heteroatoms. The van der Waals surface area contributed by atoms with E-state index in [1.54, 1.807) is 18.3 Å². The molecule has 0 bridgehead atoms. The zero-order valence-electron chi connectivity index (χ0n) is 16.4. The average Bonchev–Trinajstić information content (AvgIpc) is 2.92. The van der Waals surface area contributed by atoms with Crippen molar-refractivity contribution in [2.24, 2.45) is 0 Å². The Bertz CT molecular complexity index is 724. The highest BCUT2D eigenvalue weighted by atomic mass is 35.5. The van der Waals surface area contributed by atoms with Gasteiger partial charge in [0.2, 0.25) is 0 Å². The van der Waals surface area contributed by atoms with Crippen molar-refractivity contribution in [1.82, 2.24) is 14.8 Å². The number of carbonyl (C=O) groups is 3. The number of hydrogen-bond donors (Lipinski definition) is 4. The number of halogens is 1. The lowest BCUT2D eigenvalue weighted by Gasteiger charge is -2.36. The molecule has 1 saturated carbocycles. The molecular formula is C19H26ClN3O7. The highest BCUT2D eigenvalue weighted by Gasteiger charge is 2.29. The first-order chi connectivity index (χ1) is 14.2. The minimum atomic E-state index is -2.27. The van der Waals surface area contributed by atoms with E-state index in [9.17, 15) is 14.4 Å². The van der Waals surface area contributed by atoms with Gasteiger partial charge in [0.25, 0.3) is 5.91 Å². The van der Waals surface area contributed by atoms with E-state index in [0.717, 1.165) is 38.6 Å². The maximum absolute atomic E-state index is 12.4. The molecule has 1 aliphatic heterocycles. The number of aliphatic hydroxyl groups excluding tert-OH is 2. The van der Waals surface area contributed by atoms with E-state index in [2.05, 4.69) is 9.88 Å². The van der Waals surface area contributed by atoms with E-state index in [1.807, 2.05) is 4.90 Å². The van der Waals surface area contributed by atoms with Crippen LogP contribution in [-0.2, 0) is 9.59 Å². The van der Waals surface area contributed by atoms with E-state index in [4.69, 9.17) is 32.0 Å². The van der Waals surface area contributed by atoms with Crippen molar-refractivity contribution in [1.29, 1.82) is 0 Å². The van der Waals surface area contributed by atoms with Crippen LogP contribution >= 0.6 is 11.6 Å². The minimum Gasteiger partial charge on any atom is -0.479 e. The molecule has 2 heterocycles. The van der Waals surface area contributed by atoms with E-state index in [1.165, 1.54) is 19.3 Å². The van der Waals surface area contributed by atoms with Crippen molar-refractivity contribution >= 4 is 29.4 Å². The Morgan fingerprint density at radius 3 is 2.07 bits per heavy atom. The van der Waals surface area contributed by atoms with Crippen molar-refractivity contribution in [3.05, 3.63) is 29.0 Å². The molecule has 0 unspecified atom stereocenters. The lowest BCUT2D eigenvalue weighted by molar-refractivity contribution is -0.165. The fraction of sp³-hybridized carbons (Fsp3) is 0.579. The average molecular weight is 444 g/mol. The molecule has 166 valence electrons. The van der Waals surface area contributed by atoms with Crippen LogP contribution in [0.3, 0.4) is 0 Å². The van der Waals surface area contributed by atoms with E-state index >= 15 is 0 Å². The summed E-state index contributed by atoms with van der Waals surface area (Å²) in [6.07, 6.45) is 2.11. The monoisotopic (exact) mass is 443 g/mol. The molecule has 1 aromatic rings. The van der Waals surface area contributed by atoms with Gasteiger partial charge in [-0.15, -0.1) is 0 Å². The van der Waals surface area contributed by atoms with E-state index < -0.39 is 24.1 Å². The van der Waals surface area contributed by atoms with Gasteiger partial charge in [0.1, 0.15) is 5.15 Å². The Balaban J connectivity index is 0.000000274. The molecule has 2 fully saturated rings. The first kappa shape index (κ1) is 24.0. The lowest BCUT2D eigenvalue weighted by atomic mass is 9.91. The Hall–Kier alpha value is -2.27. The van der Waals surface area contributed by atoms with Gasteiger partial charge in [0.05, 0.1) is 5.56 Å². The van der Waals surface area contributed by atoms with Crippen molar-refractivity contribution in [2.45, 2.75) is 43.9 Å². The summed E-state index contributed by atoms with van der Waals surface area (Å²) in [5, 5.41) is 33.0. The number of amides is 1. The smallest absolute Gasteiger partial charge is 0.335 e. The van der Waals surface area contributed by atoms with Crippen LogP contribution in [-0.4, -0.2) is 97.5 Å². The number of carbonyl (C=O) groups excluding carboxylic acids is 1. The van der Waals surface area contributed by atoms with E-state index in [0.29, 0.717) is 10.7 Å². The Morgan fingerprint density at radius 1 is 0.967 bits per heavy atom. The van der Waals surface area contributed by atoms with Gasteiger partial charge in [-0.3, -0.25) is 9.69 Å². The van der Waals surface area contributed by atoms with Crippen LogP contribution in [0.25, 0.3) is 0 Å². The number of carboxylic acids is 2. The molecule has 0 radical (unpaired) electrons. The summed E-state index contributed by atoms with van der Waals surface area (Å²) in [6.45, 7) is 3.77. The highest BCUT2D eigenvalue weighted by Crippen LogP contribution is 2.25. The number of aliphatic carboxylic acids is 2. The van der Waals surface area contributed by atoms with Crippen LogP contribution in [0.2, 0.25) is 5.15 Å². The largest absolute Gasteiger partial charge is 0.479 e. The van der Waals surface area contributed by atoms with Crippen molar-refractivity contribution < 1.29 is 34.8 Å². The van der Waals surface area contributed by atoms with Gasteiger partial charge in [-0.1, -0.05) is 18.0 Å². The number of nitrogens with zero attached hydrogens (tertiary/aromatic N) is 3. The third-order valence-electron chi connectivity index (χ3n) is 5.19. The molecule has 30 heavy (non-hydrogen) atoms. The summed E-state index contributed by atoms with van der Waals surface area (Å²) in [6, 6.07) is 4.20. The maximum atomic E-state index is 12.4. The first-order valence-corrected chi connectivity index (χ1v) is 10.0. The van der Waals surface area contributed by atoms with Crippen LogP contribution in [0.1, 0.15) is 36.0 Å². The van der Waals surface area contributed by atoms with E-state index in [-0.39, 0.29) is 5.91 Å². The number of carboxylic acid groups (broad SMARTS) is 2. The molecule has 2 aliphatic rings. The SMILES string of the molecule is O=C(O)[C@H](O)[C@@H](O)C(=O)O.O=C(c1ccc(Cl)nc1)N1CCCN(C2CCC2)CC1. The Labute approximate surface area is 178 Å². The summed E-state index contributed by atoms with van der Waals surface area (Å²) >= 11 is 5.76. The Kier molecular flexibility index (Phi) is 8.97. The lowest BCUT2D eigenvalue weighted by Crippen LogP contribution is -2.42. The molecule has 1 aliphatic carbocycles. The van der Waals surface area contributed by atoms with Gasteiger partial charge in [0, 0.05) is 38.4 Å². The van der Waals surface area contributed by atoms with Gasteiger partial charge < -0.3 is 25.3 Å². The number of pyridine rings is 1. The summed E-state index contributed by atoms with van der Waals surface area (Å²) < 4.78 is 0. The fourth-order valence-corrected chi connectivity index (χ4v) is 3.32. The summed E-state index contributed by atoms with van der Waals surface area (Å²) in [5.41, 5.74) is 0.631. The second-order valence-corrected chi connectivity index (χ2v) is 7.59. The summed E-state index contributed by atoms with van der Waals surface area (Å²) in [5.74, 6) is -3.46. The fourth-order valence-electron chi connectivity index (χ4n) is 3.21. The molecule has 10 nitrogen and oxygen atoms in total. The zero-order valence-corrected chi connectivity index (χ0v) is 17.1. The zero-order chi connectivity index (χ0) is 22.3. The normalized spacial score (nSPS) is 19.5. The summed E-state index contributed by atoms with van der Waals surface area (Å²) in [7, 11) is 0. The predicted molar refractivity (Wildman–Crippen MR) is 106 cm³/mol. The van der Waals surface area contributed by atoms with Crippen LogP contribution < -0.4 is 0 Å². The molecule has 0 aromatic carbocycles. The second-order valence-electron chi connectivity index (χ2n) is 7.20. The third-order valence-corrected chi connectivity index (χ3v) is 5.41. The van der Waals surface area contributed by atoms with Crippen molar-refractivity contribution in [2.75, 3.05) is 26.2 Å². The topological polar surface area (TPSA) is 152 Å².